The van der Waals surface area contributed by atoms with Crippen LogP contribution in [0.3, 0.4) is 0 Å². The summed E-state index contributed by atoms with van der Waals surface area (Å²) < 4.78 is 1.52. The molecule has 1 heterocycles. The molecule has 0 spiro atoms. The number of hydrazine groups is 1. The summed E-state index contributed by atoms with van der Waals surface area (Å²) in [7, 11) is 0. The molecule has 3 aromatic carbocycles. The number of hydrogen-bond acceptors (Lipinski definition) is 7. The Morgan fingerprint density at radius 1 is 0.892 bits per heavy atom. The van der Waals surface area contributed by atoms with Crippen LogP contribution in [0.5, 0.6) is 0 Å². The molecule has 3 N–H and O–H groups in total. The fourth-order valence-electron chi connectivity index (χ4n) is 3.32. The minimum absolute atomic E-state index is 0.0157. The number of rotatable bonds is 7. The molecule has 4 rings (SSSR count). The first-order valence-corrected chi connectivity index (χ1v) is 11.1. The summed E-state index contributed by atoms with van der Waals surface area (Å²) in [5.41, 5.74) is 5.65. The third-order valence-electron chi connectivity index (χ3n) is 5.20. The van der Waals surface area contributed by atoms with Crippen molar-refractivity contribution < 1.29 is 19.3 Å². The van der Waals surface area contributed by atoms with E-state index in [0.29, 0.717) is 11.5 Å². The molecule has 3 amide bonds. The molecular weight excluding hydrogens is 478 g/mol. The molecule has 0 radical (unpaired) electrons. The standard InChI is InChI=1S/C25H21N7O5/c1-16(26-24(34)18-11-8-14-20(15-18)32(36)37)23(33)28-29-25(35)21-27-22(17-9-4-2-5-10-17)31(30-21)19-12-6-3-7-13-19/h2-16H,1H3,(H,26,34)(H,28,33)(H,29,35)/t16-/m0/s1. The van der Waals surface area contributed by atoms with E-state index in [0.717, 1.165) is 11.6 Å². The third-order valence-corrected chi connectivity index (χ3v) is 5.20. The van der Waals surface area contributed by atoms with Gasteiger partial charge in [-0.2, -0.15) is 0 Å². The second-order valence-corrected chi connectivity index (χ2v) is 7.82. The van der Waals surface area contributed by atoms with Gasteiger partial charge in [-0.25, -0.2) is 9.67 Å². The van der Waals surface area contributed by atoms with Gasteiger partial charge in [0.1, 0.15) is 6.04 Å². The van der Waals surface area contributed by atoms with E-state index in [9.17, 15) is 24.5 Å². The van der Waals surface area contributed by atoms with Crippen LogP contribution in [0.1, 0.15) is 27.9 Å². The number of aromatic nitrogens is 3. The Morgan fingerprint density at radius 2 is 1.57 bits per heavy atom. The van der Waals surface area contributed by atoms with Gasteiger partial charge in [0, 0.05) is 23.3 Å². The summed E-state index contributed by atoms with van der Waals surface area (Å²) in [4.78, 5) is 52.2. The summed E-state index contributed by atoms with van der Waals surface area (Å²) in [5, 5.41) is 17.6. The molecule has 186 valence electrons. The third kappa shape index (κ3) is 5.82. The molecule has 1 aromatic heterocycles. The summed E-state index contributed by atoms with van der Waals surface area (Å²) >= 11 is 0. The van der Waals surface area contributed by atoms with E-state index in [-0.39, 0.29) is 17.1 Å². The van der Waals surface area contributed by atoms with E-state index in [4.69, 9.17) is 0 Å². The van der Waals surface area contributed by atoms with E-state index < -0.39 is 28.7 Å². The predicted molar refractivity (Wildman–Crippen MR) is 132 cm³/mol. The number of carbonyl (C=O) groups excluding carboxylic acids is 3. The van der Waals surface area contributed by atoms with Crippen molar-refractivity contribution in [1.82, 2.24) is 30.9 Å². The van der Waals surface area contributed by atoms with Crippen LogP contribution in [-0.4, -0.2) is 43.5 Å². The maximum Gasteiger partial charge on any atom is 0.309 e. The molecule has 0 saturated heterocycles. The Morgan fingerprint density at radius 3 is 2.24 bits per heavy atom. The number of benzene rings is 3. The Hall–Kier alpha value is -5.39. The molecule has 4 aromatic rings. The van der Waals surface area contributed by atoms with Crippen molar-refractivity contribution in [3.05, 3.63) is 106 Å². The first kappa shape index (κ1) is 24.7. The Kier molecular flexibility index (Phi) is 7.29. The second-order valence-electron chi connectivity index (χ2n) is 7.82. The van der Waals surface area contributed by atoms with Crippen molar-refractivity contribution >= 4 is 23.4 Å². The number of carbonyl (C=O) groups is 3. The minimum Gasteiger partial charge on any atom is -0.340 e. The molecule has 0 aliphatic rings. The van der Waals surface area contributed by atoms with Crippen molar-refractivity contribution in [1.29, 1.82) is 0 Å². The normalized spacial score (nSPS) is 11.3. The van der Waals surface area contributed by atoms with Gasteiger partial charge in [0.15, 0.2) is 5.82 Å². The fourth-order valence-corrected chi connectivity index (χ4v) is 3.32. The van der Waals surface area contributed by atoms with Crippen LogP contribution in [-0.2, 0) is 4.79 Å². The van der Waals surface area contributed by atoms with Crippen LogP contribution in [0.2, 0.25) is 0 Å². The lowest BCUT2D eigenvalue weighted by Gasteiger charge is -2.14. The number of non-ortho nitro benzene ring substituents is 1. The smallest absolute Gasteiger partial charge is 0.309 e. The van der Waals surface area contributed by atoms with E-state index in [1.54, 1.807) is 0 Å². The molecule has 12 nitrogen and oxygen atoms in total. The van der Waals surface area contributed by atoms with E-state index >= 15 is 0 Å². The van der Waals surface area contributed by atoms with E-state index in [1.807, 2.05) is 60.7 Å². The van der Waals surface area contributed by atoms with Crippen LogP contribution < -0.4 is 16.2 Å². The molecule has 0 saturated carbocycles. The van der Waals surface area contributed by atoms with E-state index in [1.165, 1.54) is 29.8 Å². The molecule has 12 heteroatoms. The summed E-state index contributed by atoms with van der Waals surface area (Å²) in [6.45, 7) is 1.40. The van der Waals surface area contributed by atoms with Gasteiger partial charge in [-0.1, -0.05) is 54.6 Å². The topological polar surface area (TPSA) is 161 Å². The van der Waals surface area contributed by atoms with Crippen molar-refractivity contribution in [3.8, 4) is 17.1 Å². The zero-order valence-corrected chi connectivity index (χ0v) is 19.5. The highest BCUT2D eigenvalue weighted by atomic mass is 16.6. The number of nitrogens with one attached hydrogen (secondary N) is 3. The molecule has 1 atom stereocenters. The van der Waals surface area contributed by atoms with Gasteiger partial charge in [-0.15, -0.1) is 5.10 Å². The first-order chi connectivity index (χ1) is 17.8. The van der Waals surface area contributed by atoms with Crippen molar-refractivity contribution in [2.75, 3.05) is 0 Å². The largest absolute Gasteiger partial charge is 0.340 e. The van der Waals surface area contributed by atoms with Crippen LogP contribution in [0.15, 0.2) is 84.9 Å². The molecule has 0 bridgehead atoms. The van der Waals surface area contributed by atoms with Crippen molar-refractivity contribution in [2.24, 2.45) is 0 Å². The monoisotopic (exact) mass is 499 g/mol. The summed E-state index contributed by atoms with van der Waals surface area (Å²) in [6.07, 6.45) is 0. The highest BCUT2D eigenvalue weighted by Gasteiger charge is 2.22. The minimum atomic E-state index is -1.07. The van der Waals surface area contributed by atoms with Gasteiger partial charge in [0.05, 0.1) is 10.6 Å². The van der Waals surface area contributed by atoms with Gasteiger partial charge in [0.25, 0.3) is 17.5 Å². The van der Waals surface area contributed by atoms with Crippen LogP contribution >= 0.6 is 0 Å². The molecule has 0 aliphatic carbocycles. The highest BCUT2D eigenvalue weighted by molar-refractivity contribution is 5.98. The van der Waals surface area contributed by atoms with Gasteiger partial charge in [-0.05, 0) is 25.1 Å². The Balaban J connectivity index is 1.43. The molecule has 37 heavy (non-hydrogen) atoms. The van der Waals surface area contributed by atoms with Crippen LogP contribution in [0, 0.1) is 10.1 Å². The first-order valence-electron chi connectivity index (χ1n) is 11.1. The number of nitrogens with zero attached hydrogens (tertiary/aromatic N) is 4. The van der Waals surface area contributed by atoms with E-state index in [2.05, 4.69) is 26.3 Å². The number of nitro groups is 1. The van der Waals surface area contributed by atoms with Gasteiger partial charge in [0.2, 0.25) is 5.82 Å². The quantitative estimate of drug-likeness (QED) is 0.260. The average molecular weight is 499 g/mol. The van der Waals surface area contributed by atoms with Crippen molar-refractivity contribution in [3.63, 3.8) is 0 Å². The zero-order valence-electron chi connectivity index (χ0n) is 19.5. The van der Waals surface area contributed by atoms with Gasteiger partial charge < -0.3 is 5.32 Å². The number of hydrogen-bond donors (Lipinski definition) is 3. The Bertz CT molecular complexity index is 1400. The van der Waals surface area contributed by atoms with Crippen molar-refractivity contribution in [2.45, 2.75) is 13.0 Å². The maximum absolute atomic E-state index is 12.7. The summed E-state index contributed by atoms with van der Waals surface area (Å²) in [5.74, 6) is -1.93. The lowest BCUT2D eigenvalue weighted by Crippen LogP contribution is -2.51. The fraction of sp³-hybridized carbons (Fsp3) is 0.0800. The van der Waals surface area contributed by atoms with Crippen LogP contribution in [0.4, 0.5) is 5.69 Å². The number of nitro benzene ring substituents is 1. The maximum atomic E-state index is 12.7. The summed E-state index contributed by atoms with van der Waals surface area (Å²) in [6, 6.07) is 22.4. The molecule has 0 fully saturated rings. The Labute approximate surface area is 210 Å². The molecule has 0 aliphatic heterocycles. The molecule has 0 unspecified atom stereocenters. The highest BCUT2D eigenvalue weighted by Crippen LogP contribution is 2.21. The zero-order chi connectivity index (χ0) is 26.4. The van der Waals surface area contributed by atoms with Gasteiger partial charge in [-0.3, -0.25) is 35.3 Å². The SMILES string of the molecule is C[C@H](NC(=O)c1cccc([N+](=O)[O-])c1)C(=O)NNC(=O)c1nc(-c2ccccc2)n(-c2ccccc2)n1. The molecular formula is C25H21N7O5. The lowest BCUT2D eigenvalue weighted by molar-refractivity contribution is -0.384. The average Bonchev–Trinajstić information content (AvgIpc) is 3.38. The second kappa shape index (κ2) is 10.9. The van der Waals surface area contributed by atoms with Gasteiger partial charge >= 0.3 is 5.91 Å². The lowest BCUT2D eigenvalue weighted by atomic mass is 10.2. The number of amides is 3. The predicted octanol–water partition coefficient (Wildman–Crippen LogP) is 2.42. The number of para-hydroxylation sites is 1. The van der Waals surface area contributed by atoms with Crippen LogP contribution in [0.25, 0.3) is 17.1 Å².